The summed E-state index contributed by atoms with van der Waals surface area (Å²) < 4.78 is 5.51. The van der Waals surface area contributed by atoms with E-state index < -0.39 is 0 Å². The van der Waals surface area contributed by atoms with Crippen LogP contribution in [0.4, 0.5) is 0 Å². The molecule has 2 N–H and O–H groups in total. The number of nitrogens with one attached hydrogen (secondary N) is 2. The van der Waals surface area contributed by atoms with E-state index in [0.29, 0.717) is 0 Å². The van der Waals surface area contributed by atoms with Crippen molar-refractivity contribution in [2.24, 2.45) is 0 Å². The topological polar surface area (TPSA) is 37.2 Å². The van der Waals surface area contributed by atoms with Crippen LogP contribution >= 0.6 is 0 Å². The quantitative estimate of drug-likeness (QED) is 0.735. The van der Waals surface area contributed by atoms with Crippen LogP contribution in [0.25, 0.3) is 11.0 Å². The van der Waals surface area contributed by atoms with Crippen LogP contribution in [0.1, 0.15) is 24.8 Å². The highest BCUT2D eigenvalue weighted by Gasteiger charge is 2.19. The summed E-state index contributed by atoms with van der Waals surface area (Å²) in [5, 5.41) is 8.22. The fourth-order valence-electron chi connectivity index (χ4n) is 2.20. The number of benzene rings is 1. The molecular weight excluding hydrogens is 224 g/mol. The van der Waals surface area contributed by atoms with Crippen molar-refractivity contribution < 1.29 is 4.42 Å². The monoisotopic (exact) mass is 244 g/mol. The second kappa shape index (κ2) is 5.55. The largest absolute Gasteiger partial charge is 0.464 e. The Kier molecular flexibility index (Phi) is 3.62. The third kappa shape index (κ3) is 2.92. The first-order valence-corrected chi connectivity index (χ1v) is 6.83. The molecule has 0 aliphatic heterocycles. The first kappa shape index (κ1) is 11.8. The van der Waals surface area contributed by atoms with E-state index in [4.69, 9.17) is 4.42 Å². The number of hydrogen-bond donors (Lipinski definition) is 2. The van der Waals surface area contributed by atoms with Crippen LogP contribution in [-0.2, 0) is 6.54 Å². The minimum Gasteiger partial charge on any atom is -0.464 e. The Balaban J connectivity index is 1.41. The fraction of sp³-hybridized carbons (Fsp3) is 0.467. The first-order valence-electron chi connectivity index (χ1n) is 6.83. The molecule has 1 fully saturated rings. The van der Waals surface area contributed by atoms with E-state index in [1.807, 2.05) is 18.4 Å². The van der Waals surface area contributed by atoms with Gasteiger partial charge in [0, 0.05) is 23.5 Å². The second-order valence-electron chi connectivity index (χ2n) is 5.02. The van der Waals surface area contributed by atoms with E-state index in [2.05, 4.69) is 22.8 Å². The van der Waals surface area contributed by atoms with Crippen LogP contribution < -0.4 is 10.6 Å². The Labute approximate surface area is 108 Å². The first-order chi connectivity index (χ1) is 8.93. The van der Waals surface area contributed by atoms with E-state index in [0.717, 1.165) is 31.3 Å². The van der Waals surface area contributed by atoms with Crippen molar-refractivity contribution in [2.45, 2.75) is 31.8 Å². The van der Waals surface area contributed by atoms with Crippen molar-refractivity contribution in [1.82, 2.24) is 10.6 Å². The molecular formula is C15H20N2O. The van der Waals surface area contributed by atoms with Crippen LogP contribution in [0.3, 0.4) is 0 Å². The van der Waals surface area contributed by atoms with Crippen molar-refractivity contribution in [1.29, 1.82) is 0 Å². The molecule has 0 unspecified atom stereocenters. The molecule has 0 spiro atoms. The lowest BCUT2D eigenvalue weighted by Crippen LogP contribution is -2.23. The lowest BCUT2D eigenvalue weighted by Gasteiger charge is -2.04. The maximum atomic E-state index is 5.51. The van der Waals surface area contributed by atoms with Crippen molar-refractivity contribution in [3.8, 4) is 0 Å². The molecule has 0 saturated heterocycles. The highest BCUT2D eigenvalue weighted by Crippen LogP contribution is 2.20. The molecule has 0 amide bonds. The van der Waals surface area contributed by atoms with Crippen LogP contribution in [0, 0.1) is 0 Å². The maximum Gasteiger partial charge on any atom is 0.134 e. The third-order valence-electron chi connectivity index (χ3n) is 3.42. The highest BCUT2D eigenvalue weighted by molar-refractivity contribution is 5.80. The molecule has 3 rings (SSSR count). The Hall–Kier alpha value is -1.32. The highest BCUT2D eigenvalue weighted by atomic mass is 16.3. The van der Waals surface area contributed by atoms with Gasteiger partial charge in [-0.2, -0.15) is 0 Å². The van der Waals surface area contributed by atoms with Gasteiger partial charge in [-0.25, -0.2) is 0 Å². The summed E-state index contributed by atoms with van der Waals surface area (Å²) >= 11 is 0. The molecule has 1 heterocycles. The van der Waals surface area contributed by atoms with Gasteiger partial charge in [-0.05, 0) is 38.4 Å². The van der Waals surface area contributed by atoms with Crippen LogP contribution in [-0.4, -0.2) is 19.1 Å². The zero-order valence-electron chi connectivity index (χ0n) is 10.6. The molecule has 0 atom stereocenters. The minimum absolute atomic E-state index is 0.822. The van der Waals surface area contributed by atoms with Crippen LogP contribution in [0.15, 0.2) is 34.9 Å². The lowest BCUT2D eigenvalue weighted by molar-refractivity contribution is 0.581. The predicted molar refractivity (Wildman–Crippen MR) is 73.6 cm³/mol. The molecule has 0 radical (unpaired) electrons. The normalized spacial score (nSPS) is 15.3. The number of hydrogen-bond acceptors (Lipinski definition) is 3. The van der Waals surface area contributed by atoms with E-state index in [9.17, 15) is 0 Å². The van der Waals surface area contributed by atoms with Crippen LogP contribution in [0.2, 0.25) is 0 Å². The summed E-state index contributed by atoms with van der Waals surface area (Å²) in [5.41, 5.74) is 2.23. The molecule has 96 valence electrons. The average Bonchev–Trinajstić information content (AvgIpc) is 3.14. The van der Waals surface area contributed by atoms with Gasteiger partial charge in [-0.3, -0.25) is 0 Å². The molecule has 1 aromatic heterocycles. The van der Waals surface area contributed by atoms with E-state index in [1.54, 1.807) is 0 Å². The summed E-state index contributed by atoms with van der Waals surface area (Å²) in [4.78, 5) is 0. The minimum atomic E-state index is 0.822. The Morgan fingerprint density at radius 1 is 1.17 bits per heavy atom. The van der Waals surface area contributed by atoms with Gasteiger partial charge in [-0.1, -0.05) is 18.2 Å². The molecule has 1 aliphatic rings. The number of furan rings is 1. The van der Waals surface area contributed by atoms with Gasteiger partial charge in [0.05, 0.1) is 6.26 Å². The van der Waals surface area contributed by atoms with Crippen molar-refractivity contribution in [2.75, 3.05) is 13.1 Å². The van der Waals surface area contributed by atoms with Gasteiger partial charge >= 0.3 is 0 Å². The molecule has 1 aliphatic carbocycles. The molecule has 2 aromatic rings. The molecule has 3 heteroatoms. The van der Waals surface area contributed by atoms with Gasteiger partial charge in [0.1, 0.15) is 5.58 Å². The summed E-state index contributed by atoms with van der Waals surface area (Å²) in [6.07, 6.45) is 5.79. The number of rotatable bonds is 7. The lowest BCUT2D eigenvalue weighted by atomic mass is 10.2. The molecule has 1 aromatic carbocycles. The third-order valence-corrected chi connectivity index (χ3v) is 3.42. The zero-order chi connectivity index (χ0) is 12.2. The van der Waals surface area contributed by atoms with Gasteiger partial charge in [-0.15, -0.1) is 0 Å². The van der Waals surface area contributed by atoms with E-state index >= 15 is 0 Å². The molecule has 1 saturated carbocycles. The zero-order valence-corrected chi connectivity index (χ0v) is 10.6. The molecule has 3 nitrogen and oxygen atoms in total. The Bertz CT molecular complexity index is 502. The summed E-state index contributed by atoms with van der Waals surface area (Å²) in [5.74, 6) is 0. The van der Waals surface area contributed by atoms with Gasteiger partial charge < -0.3 is 15.1 Å². The maximum absolute atomic E-state index is 5.51. The fourth-order valence-corrected chi connectivity index (χ4v) is 2.20. The molecule has 0 bridgehead atoms. The smallest absolute Gasteiger partial charge is 0.134 e. The number of fused-ring (bicyclic) bond motifs is 1. The van der Waals surface area contributed by atoms with Crippen molar-refractivity contribution >= 4 is 11.0 Å². The average molecular weight is 244 g/mol. The second-order valence-corrected chi connectivity index (χ2v) is 5.02. The summed E-state index contributed by atoms with van der Waals surface area (Å²) in [6.45, 7) is 3.07. The van der Waals surface area contributed by atoms with E-state index in [-0.39, 0.29) is 0 Å². The van der Waals surface area contributed by atoms with Gasteiger partial charge in [0.25, 0.3) is 0 Å². The van der Waals surface area contributed by atoms with Crippen molar-refractivity contribution in [3.05, 3.63) is 36.1 Å². The predicted octanol–water partition coefficient (Wildman–Crippen LogP) is 2.66. The molecule has 18 heavy (non-hydrogen) atoms. The Morgan fingerprint density at radius 2 is 2.06 bits per heavy atom. The Morgan fingerprint density at radius 3 is 2.94 bits per heavy atom. The van der Waals surface area contributed by atoms with Gasteiger partial charge in [0.2, 0.25) is 0 Å². The van der Waals surface area contributed by atoms with Crippen molar-refractivity contribution in [3.63, 3.8) is 0 Å². The number of para-hydroxylation sites is 1. The summed E-state index contributed by atoms with van der Waals surface area (Å²) in [6, 6.07) is 9.01. The van der Waals surface area contributed by atoms with Crippen LogP contribution in [0.5, 0.6) is 0 Å². The summed E-state index contributed by atoms with van der Waals surface area (Å²) in [7, 11) is 0. The SMILES string of the molecule is c1ccc2c(CNCCCNC3CC3)coc2c1. The standard InChI is InChI=1S/C15H20N2O/c1-2-5-15-14(4-1)12(11-18-15)10-16-8-3-9-17-13-6-7-13/h1-2,4-5,11,13,16-17H,3,6-10H2. The van der Waals surface area contributed by atoms with E-state index in [1.165, 1.54) is 30.2 Å². The van der Waals surface area contributed by atoms with Gasteiger partial charge in [0.15, 0.2) is 0 Å².